The van der Waals surface area contributed by atoms with E-state index < -0.39 is 0 Å². The molecule has 1 amide bonds. The third kappa shape index (κ3) is 2.99. The van der Waals surface area contributed by atoms with Gasteiger partial charge in [0.2, 0.25) is 11.8 Å². The molecule has 1 aromatic rings. The number of ether oxygens (including phenoxy) is 2. The zero-order chi connectivity index (χ0) is 15.5. The van der Waals surface area contributed by atoms with Crippen LogP contribution in [0, 0.1) is 0 Å². The lowest BCUT2D eigenvalue weighted by Crippen LogP contribution is -2.44. The average Bonchev–Trinajstić information content (AvgIpc) is 3.05. The van der Waals surface area contributed by atoms with E-state index in [2.05, 4.69) is 10.2 Å². The molecule has 3 rings (SSSR count). The summed E-state index contributed by atoms with van der Waals surface area (Å²) in [5, 5.41) is 8.15. The van der Waals surface area contributed by atoms with Crippen molar-refractivity contribution in [2.45, 2.75) is 38.6 Å². The number of morpholine rings is 1. The van der Waals surface area contributed by atoms with E-state index in [4.69, 9.17) is 13.9 Å². The minimum absolute atomic E-state index is 0.0303. The van der Waals surface area contributed by atoms with Crippen molar-refractivity contribution in [1.82, 2.24) is 15.1 Å². The largest absolute Gasteiger partial charge is 0.501 e. The summed E-state index contributed by atoms with van der Waals surface area (Å²) in [5.74, 6) is 1.14. The molecule has 0 spiro atoms. The Morgan fingerprint density at radius 2 is 2.23 bits per heavy atom. The van der Waals surface area contributed by atoms with Crippen molar-refractivity contribution in [3.05, 3.63) is 23.6 Å². The van der Waals surface area contributed by atoms with Gasteiger partial charge in [0.15, 0.2) is 0 Å². The molecule has 7 heteroatoms. The van der Waals surface area contributed by atoms with E-state index >= 15 is 0 Å². The number of carbonyl (C=O) groups excluding carboxylic acids is 1. The smallest absolute Gasteiger partial charge is 0.253 e. The lowest BCUT2D eigenvalue weighted by atomic mass is 10.1. The van der Waals surface area contributed by atoms with Gasteiger partial charge in [0.25, 0.3) is 5.91 Å². The molecule has 0 aliphatic carbocycles. The summed E-state index contributed by atoms with van der Waals surface area (Å²) in [6, 6.07) is -0.330. The fraction of sp³-hybridized carbons (Fsp3) is 0.667. The number of amides is 1. The normalized spacial score (nSPS) is 22.4. The Labute approximate surface area is 129 Å². The van der Waals surface area contributed by atoms with Crippen LogP contribution in [0.1, 0.15) is 50.4 Å². The first kappa shape index (κ1) is 15.0. The third-order valence-electron chi connectivity index (χ3n) is 3.83. The van der Waals surface area contributed by atoms with E-state index in [1.165, 1.54) is 0 Å². The number of aromatic nitrogens is 2. The number of hydrogen-bond acceptors (Lipinski definition) is 6. The molecule has 0 bridgehead atoms. The van der Waals surface area contributed by atoms with Crippen molar-refractivity contribution in [3.8, 4) is 0 Å². The van der Waals surface area contributed by atoms with Gasteiger partial charge in [0.05, 0.1) is 31.7 Å². The summed E-state index contributed by atoms with van der Waals surface area (Å²) >= 11 is 0. The number of nitrogens with zero attached hydrogens (tertiary/aromatic N) is 3. The highest BCUT2D eigenvalue weighted by molar-refractivity contribution is 5.93. The SMILES string of the molecule is CC(C)c1nnc(C2COCCN2C(=O)C2=COCCC2)o1. The van der Waals surface area contributed by atoms with Crippen LogP contribution in [0.4, 0.5) is 0 Å². The molecule has 0 saturated carbocycles. The van der Waals surface area contributed by atoms with E-state index in [9.17, 15) is 4.79 Å². The fourth-order valence-electron chi connectivity index (χ4n) is 2.57. The molecule has 3 heterocycles. The standard InChI is InChI=1S/C15H21N3O4/c1-10(2)13-16-17-14(22-13)12-9-21-7-5-18(12)15(19)11-4-3-6-20-8-11/h8,10,12H,3-7,9H2,1-2H3. The second-order valence-electron chi connectivity index (χ2n) is 5.84. The Kier molecular flexibility index (Phi) is 4.42. The molecule has 1 fully saturated rings. The topological polar surface area (TPSA) is 77.7 Å². The summed E-state index contributed by atoms with van der Waals surface area (Å²) in [4.78, 5) is 14.5. The van der Waals surface area contributed by atoms with Crippen molar-refractivity contribution in [3.63, 3.8) is 0 Å². The van der Waals surface area contributed by atoms with Crippen molar-refractivity contribution < 1.29 is 18.7 Å². The maximum atomic E-state index is 12.7. The van der Waals surface area contributed by atoms with Crippen molar-refractivity contribution >= 4 is 5.91 Å². The van der Waals surface area contributed by atoms with Crippen LogP contribution in [0.2, 0.25) is 0 Å². The molecule has 120 valence electrons. The summed E-state index contributed by atoms with van der Waals surface area (Å²) < 4.78 is 16.5. The summed E-state index contributed by atoms with van der Waals surface area (Å²) in [6.45, 7) is 6.05. The fourth-order valence-corrected chi connectivity index (χ4v) is 2.57. The Hall–Kier alpha value is -1.89. The Bertz CT molecular complexity index is 567. The quantitative estimate of drug-likeness (QED) is 0.847. The molecule has 7 nitrogen and oxygen atoms in total. The van der Waals surface area contributed by atoms with Gasteiger partial charge >= 0.3 is 0 Å². The van der Waals surface area contributed by atoms with E-state index in [0.717, 1.165) is 12.8 Å². The number of hydrogen-bond donors (Lipinski definition) is 0. The van der Waals surface area contributed by atoms with Gasteiger partial charge in [-0.2, -0.15) is 0 Å². The minimum atomic E-state index is -0.330. The van der Waals surface area contributed by atoms with Crippen LogP contribution < -0.4 is 0 Å². The van der Waals surface area contributed by atoms with Gasteiger partial charge in [-0.3, -0.25) is 4.79 Å². The van der Waals surface area contributed by atoms with Gasteiger partial charge in [-0.05, 0) is 12.8 Å². The van der Waals surface area contributed by atoms with Crippen LogP contribution in [0.3, 0.4) is 0 Å². The van der Waals surface area contributed by atoms with E-state index in [1.807, 2.05) is 13.8 Å². The molecule has 1 saturated heterocycles. The molecule has 1 unspecified atom stereocenters. The molecule has 0 aromatic carbocycles. The number of carbonyl (C=O) groups is 1. The first-order chi connectivity index (χ1) is 10.7. The predicted octanol–water partition coefficient (Wildman–Crippen LogP) is 1.79. The second-order valence-corrected chi connectivity index (χ2v) is 5.84. The maximum absolute atomic E-state index is 12.7. The Morgan fingerprint density at radius 1 is 1.36 bits per heavy atom. The summed E-state index contributed by atoms with van der Waals surface area (Å²) in [5.41, 5.74) is 0.696. The van der Waals surface area contributed by atoms with Gasteiger partial charge in [-0.15, -0.1) is 10.2 Å². The van der Waals surface area contributed by atoms with Gasteiger partial charge < -0.3 is 18.8 Å². The minimum Gasteiger partial charge on any atom is -0.501 e. The Balaban J connectivity index is 1.81. The van der Waals surface area contributed by atoms with E-state index in [0.29, 0.717) is 43.7 Å². The van der Waals surface area contributed by atoms with Crippen LogP contribution in [0.5, 0.6) is 0 Å². The van der Waals surface area contributed by atoms with Crippen molar-refractivity contribution in [2.24, 2.45) is 0 Å². The number of rotatable bonds is 3. The Morgan fingerprint density at radius 3 is 2.91 bits per heavy atom. The molecule has 0 radical (unpaired) electrons. The molecule has 22 heavy (non-hydrogen) atoms. The van der Waals surface area contributed by atoms with Crippen LogP contribution in [-0.4, -0.2) is 47.4 Å². The molecule has 2 aliphatic heterocycles. The zero-order valence-corrected chi connectivity index (χ0v) is 12.9. The van der Waals surface area contributed by atoms with Gasteiger partial charge in [0, 0.05) is 12.5 Å². The third-order valence-corrected chi connectivity index (χ3v) is 3.83. The van der Waals surface area contributed by atoms with Crippen molar-refractivity contribution in [2.75, 3.05) is 26.4 Å². The molecule has 1 atom stereocenters. The second kappa shape index (κ2) is 6.48. The van der Waals surface area contributed by atoms with Crippen LogP contribution >= 0.6 is 0 Å². The van der Waals surface area contributed by atoms with Gasteiger partial charge in [-0.1, -0.05) is 13.8 Å². The molecule has 1 aromatic heterocycles. The molecule has 2 aliphatic rings. The highest BCUT2D eigenvalue weighted by Crippen LogP contribution is 2.27. The first-order valence-corrected chi connectivity index (χ1v) is 7.69. The maximum Gasteiger partial charge on any atom is 0.253 e. The predicted molar refractivity (Wildman–Crippen MR) is 76.9 cm³/mol. The average molecular weight is 307 g/mol. The van der Waals surface area contributed by atoms with E-state index in [-0.39, 0.29) is 17.9 Å². The van der Waals surface area contributed by atoms with Crippen molar-refractivity contribution in [1.29, 1.82) is 0 Å². The molecule has 0 N–H and O–H groups in total. The van der Waals surface area contributed by atoms with Crippen LogP contribution in [-0.2, 0) is 14.3 Å². The highest BCUT2D eigenvalue weighted by Gasteiger charge is 2.34. The summed E-state index contributed by atoms with van der Waals surface area (Å²) in [7, 11) is 0. The van der Waals surface area contributed by atoms with Crippen LogP contribution in [0.25, 0.3) is 0 Å². The molecular weight excluding hydrogens is 286 g/mol. The van der Waals surface area contributed by atoms with Gasteiger partial charge in [-0.25, -0.2) is 0 Å². The van der Waals surface area contributed by atoms with E-state index in [1.54, 1.807) is 11.2 Å². The van der Waals surface area contributed by atoms with Crippen LogP contribution in [0.15, 0.2) is 16.3 Å². The zero-order valence-electron chi connectivity index (χ0n) is 12.9. The first-order valence-electron chi connectivity index (χ1n) is 7.69. The lowest BCUT2D eigenvalue weighted by molar-refractivity contribution is -0.137. The highest BCUT2D eigenvalue weighted by atomic mass is 16.5. The molecular formula is C15H21N3O4. The lowest BCUT2D eigenvalue weighted by Gasteiger charge is -2.34. The van der Waals surface area contributed by atoms with Gasteiger partial charge in [0.1, 0.15) is 6.04 Å². The summed E-state index contributed by atoms with van der Waals surface area (Å²) in [6.07, 6.45) is 3.18. The monoisotopic (exact) mass is 307 g/mol.